The second-order valence-electron chi connectivity index (χ2n) is 4.22. The Morgan fingerprint density at radius 2 is 2.16 bits per heavy atom. The van der Waals surface area contributed by atoms with Gasteiger partial charge in [0.25, 0.3) is 10.0 Å². The number of piperidine rings is 1. The fourth-order valence-electron chi connectivity index (χ4n) is 2.05. The SMILES string of the molecule is CNC(=O)C1CCN(S(=O)(=O)c2cnc(Cl)s2)CC1. The molecule has 1 fully saturated rings. The van der Waals surface area contributed by atoms with Gasteiger partial charge in [0.1, 0.15) is 0 Å². The Morgan fingerprint density at radius 1 is 1.53 bits per heavy atom. The molecule has 0 radical (unpaired) electrons. The number of aromatic nitrogens is 1. The predicted octanol–water partition coefficient (Wildman–Crippen LogP) is 0.943. The number of amides is 1. The van der Waals surface area contributed by atoms with Crippen LogP contribution in [0.2, 0.25) is 4.47 Å². The number of sulfonamides is 1. The van der Waals surface area contributed by atoms with E-state index < -0.39 is 10.0 Å². The van der Waals surface area contributed by atoms with Crippen molar-refractivity contribution in [2.75, 3.05) is 20.1 Å². The van der Waals surface area contributed by atoms with Crippen LogP contribution in [0.5, 0.6) is 0 Å². The lowest BCUT2D eigenvalue weighted by atomic mass is 9.97. The Morgan fingerprint density at radius 3 is 2.63 bits per heavy atom. The highest BCUT2D eigenvalue weighted by Gasteiger charge is 2.32. The van der Waals surface area contributed by atoms with Crippen molar-refractivity contribution in [3.05, 3.63) is 10.7 Å². The smallest absolute Gasteiger partial charge is 0.254 e. The Hall–Kier alpha value is -0.700. The number of nitrogens with one attached hydrogen (secondary N) is 1. The van der Waals surface area contributed by atoms with Gasteiger partial charge in [-0.05, 0) is 12.8 Å². The maximum Gasteiger partial charge on any atom is 0.254 e. The monoisotopic (exact) mass is 323 g/mol. The number of hydrogen-bond acceptors (Lipinski definition) is 5. The van der Waals surface area contributed by atoms with Crippen molar-refractivity contribution in [3.63, 3.8) is 0 Å². The third-order valence-electron chi connectivity index (χ3n) is 3.12. The molecule has 0 unspecified atom stereocenters. The van der Waals surface area contributed by atoms with E-state index in [1.165, 1.54) is 10.5 Å². The van der Waals surface area contributed by atoms with Gasteiger partial charge in [-0.25, -0.2) is 13.4 Å². The van der Waals surface area contributed by atoms with Crippen molar-refractivity contribution in [1.82, 2.24) is 14.6 Å². The maximum absolute atomic E-state index is 12.3. The number of hydrogen-bond donors (Lipinski definition) is 1. The third-order valence-corrected chi connectivity index (χ3v) is 6.57. The van der Waals surface area contributed by atoms with Crippen LogP contribution in [-0.4, -0.2) is 43.8 Å². The normalized spacial score (nSPS) is 18.4. The molecule has 0 bridgehead atoms. The molecule has 0 spiro atoms. The first kappa shape index (κ1) is 14.7. The first-order valence-corrected chi connectivity index (χ1v) is 8.41. The summed E-state index contributed by atoms with van der Waals surface area (Å²) >= 11 is 6.61. The number of nitrogens with zero attached hydrogens (tertiary/aromatic N) is 2. The number of halogens is 1. The minimum Gasteiger partial charge on any atom is -0.359 e. The second kappa shape index (κ2) is 5.74. The molecule has 2 heterocycles. The first-order valence-electron chi connectivity index (χ1n) is 5.78. The van der Waals surface area contributed by atoms with Crippen LogP contribution in [0.1, 0.15) is 12.8 Å². The average molecular weight is 324 g/mol. The Labute approximate surface area is 120 Å². The minimum absolute atomic E-state index is 0.0297. The summed E-state index contributed by atoms with van der Waals surface area (Å²) in [5, 5.41) is 2.59. The van der Waals surface area contributed by atoms with Crippen LogP contribution in [0.3, 0.4) is 0 Å². The van der Waals surface area contributed by atoms with Crippen LogP contribution in [0, 0.1) is 5.92 Å². The fraction of sp³-hybridized carbons (Fsp3) is 0.600. The van der Waals surface area contributed by atoms with Crippen molar-refractivity contribution >= 4 is 38.9 Å². The van der Waals surface area contributed by atoms with Crippen LogP contribution in [0.25, 0.3) is 0 Å². The first-order chi connectivity index (χ1) is 8.95. The van der Waals surface area contributed by atoms with E-state index in [-0.39, 0.29) is 20.5 Å². The summed E-state index contributed by atoms with van der Waals surface area (Å²) in [7, 11) is -1.94. The van der Waals surface area contributed by atoms with E-state index in [0.717, 1.165) is 11.3 Å². The van der Waals surface area contributed by atoms with Crippen LogP contribution in [0.15, 0.2) is 10.4 Å². The molecule has 19 heavy (non-hydrogen) atoms. The van der Waals surface area contributed by atoms with E-state index in [1.54, 1.807) is 7.05 Å². The van der Waals surface area contributed by atoms with Gasteiger partial charge in [-0.1, -0.05) is 22.9 Å². The molecular weight excluding hydrogens is 310 g/mol. The second-order valence-corrected chi connectivity index (χ2v) is 8.00. The van der Waals surface area contributed by atoms with Gasteiger partial charge in [-0.3, -0.25) is 4.79 Å². The molecule has 0 atom stereocenters. The van der Waals surface area contributed by atoms with Crippen molar-refractivity contribution in [3.8, 4) is 0 Å². The molecule has 1 aliphatic heterocycles. The average Bonchev–Trinajstić information content (AvgIpc) is 2.85. The summed E-state index contributed by atoms with van der Waals surface area (Å²) in [5.41, 5.74) is 0. The van der Waals surface area contributed by atoms with Gasteiger partial charge in [0, 0.05) is 26.1 Å². The van der Waals surface area contributed by atoms with Crippen LogP contribution in [-0.2, 0) is 14.8 Å². The summed E-state index contributed by atoms with van der Waals surface area (Å²) < 4.78 is 26.3. The number of thiazole rings is 1. The minimum atomic E-state index is -3.52. The molecule has 1 aliphatic rings. The molecule has 1 aromatic heterocycles. The molecule has 9 heteroatoms. The molecule has 0 saturated carbocycles. The van der Waals surface area contributed by atoms with Crippen LogP contribution >= 0.6 is 22.9 Å². The number of carbonyl (C=O) groups excluding carboxylic acids is 1. The van der Waals surface area contributed by atoms with Crippen molar-refractivity contribution in [2.45, 2.75) is 17.1 Å². The van der Waals surface area contributed by atoms with Gasteiger partial charge in [-0.2, -0.15) is 4.31 Å². The van der Waals surface area contributed by atoms with E-state index in [0.29, 0.717) is 25.9 Å². The standard InChI is InChI=1S/C10H14ClN3O3S2/c1-12-9(15)7-2-4-14(5-3-7)19(16,17)8-6-13-10(11)18-8/h6-7H,2-5H2,1H3,(H,12,15). The zero-order valence-corrected chi connectivity index (χ0v) is 12.7. The third kappa shape index (κ3) is 3.07. The highest BCUT2D eigenvalue weighted by molar-refractivity contribution is 7.91. The van der Waals surface area contributed by atoms with Gasteiger partial charge < -0.3 is 5.32 Å². The molecule has 6 nitrogen and oxygen atoms in total. The Balaban J connectivity index is 2.07. The highest BCUT2D eigenvalue weighted by Crippen LogP contribution is 2.28. The fourth-order valence-corrected chi connectivity index (χ4v) is 4.97. The lowest BCUT2D eigenvalue weighted by Crippen LogP contribution is -2.42. The van der Waals surface area contributed by atoms with E-state index in [2.05, 4.69) is 10.3 Å². The van der Waals surface area contributed by atoms with Gasteiger partial charge in [0.15, 0.2) is 8.68 Å². The van der Waals surface area contributed by atoms with E-state index >= 15 is 0 Å². The summed E-state index contributed by atoms with van der Waals surface area (Å²) in [6.07, 6.45) is 2.34. The molecule has 1 N–H and O–H groups in total. The van der Waals surface area contributed by atoms with Crippen molar-refractivity contribution in [2.24, 2.45) is 5.92 Å². The van der Waals surface area contributed by atoms with E-state index in [4.69, 9.17) is 11.6 Å². The zero-order chi connectivity index (χ0) is 14.0. The molecular formula is C10H14ClN3O3S2. The topological polar surface area (TPSA) is 79.4 Å². The Bertz CT molecular complexity index is 564. The molecule has 1 aromatic rings. The molecule has 0 aliphatic carbocycles. The lowest BCUT2D eigenvalue weighted by Gasteiger charge is -2.29. The summed E-state index contributed by atoms with van der Waals surface area (Å²) in [4.78, 5) is 15.2. The largest absolute Gasteiger partial charge is 0.359 e. The molecule has 0 aromatic carbocycles. The van der Waals surface area contributed by atoms with Crippen LogP contribution < -0.4 is 5.32 Å². The Kier molecular flexibility index (Phi) is 4.44. The quantitative estimate of drug-likeness (QED) is 0.898. The van der Waals surface area contributed by atoms with E-state index in [9.17, 15) is 13.2 Å². The molecule has 1 amide bonds. The number of rotatable bonds is 3. The summed E-state index contributed by atoms with van der Waals surface area (Å²) in [6, 6.07) is 0. The summed E-state index contributed by atoms with van der Waals surface area (Å²) in [5.74, 6) is -0.139. The van der Waals surface area contributed by atoms with Gasteiger partial charge in [-0.15, -0.1) is 0 Å². The van der Waals surface area contributed by atoms with Gasteiger partial charge in [0.2, 0.25) is 5.91 Å². The van der Waals surface area contributed by atoms with Crippen molar-refractivity contribution < 1.29 is 13.2 Å². The lowest BCUT2D eigenvalue weighted by molar-refractivity contribution is -0.125. The number of carbonyl (C=O) groups is 1. The predicted molar refractivity (Wildman–Crippen MR) is 72.7 cm³/mol. The molecule has 106 valence electrons. The van der Waals surface area contributed by atoms with Crippen LogP contribution in [0.4, 0.5) is 0 Å². The highest BCUT2D eigenvalue weighted by atomic mass is 35.5. The van der Waals surface area contributed by atoms with Crippen molar-refractivity contribution in [1.29, 1.82) is 0 Å². The van der Waals surface area contributed by atoms with Gasteiger partial charge >= 0.3 is 0 Å². The van der Waals surface area contributed by atoms with E-state index in [1.807, 2.05) is 0 Å². The molecule has 1 saturated heterocycles. The zero-order valence-electron chi connectivity index (χ0n) is 10.3. The molecule has 2 rings (SSSR count). The van der Waals surface area contributed by atoms with Gasteiger partial charge in [0.05, 0.1) is 6.20 Å². The summed E-state index contributed by atoms with van der Waals surface area (Å²) in [6.45, 7) is 0.686. The maximum atomic E-state index is 12.3.